The fourth-order valence-corrected chi connectivity index (χ4v) is 2.32. The van der Waals surface area contributed by atoms with E-state index in [4.69, 9.17) is 5.73 Å². The Morgan fingerprint density at radius 2 is 1.42 bits per heavy atom. The van der Waals surface area contributed by atoms with Crippen LogP contribution in [0.25, 0.3) is 0 Å². The van der Waals surface area contributed by atoms with Gasteiger partial charge < -0.3 is 11.1 Å². The van der Waals surface area contributed by atoms with Crippen molar-refractivity contribution in [2.75, 3.05) is 11.9 Å². The molecule has 0 bridgehead atoms. The molecule has 1 atom stereocenters. The van der Waals surface area contributed by atoms with Crippen molar-refractivity contribution >= 4 is 11.6 Å². The second-order valence-electron chi connectivity index (χ2n) is 5.52. The van der Waals surface area contributed by atoms with E-state index in [1.54, 1.807) is 0 Å². The number of amides is 1. The minimum Gasteiger partial charge on any atom is -0.385 e. The zero-order valence-electron chi connectivity index (χ0n) is 13.0. The highest BCUT2D eigenvalue weighted by Crippen LogP contribution is 2.30. The summed E-state index contributed by atoms with van der Waals surface area (Å²) >= 11 is 0. The Balaban J connectivity index is 2.88. The molecule has 0 aliphatic heterocycles. The van der Waals surface area contributed by atoms with Gasteiger partial charge in [-0.25, -0.2) is 0 Å². The van der Waals surface area contributed by atoms with Crippen LogP contribution in [0.4, 0.5) is 5.69 Å². The summed E-state index contributed by atoms with van der Waals surface area (Å²) in [5.41, 5.74) is 13.1. The Bertz CT molecular complexity index is 463. The summed E-state index contributed by atoms with van der Waals surface area (Å²) in [5.74, 6) is -0.313. The zero-order chi connectivity index (χ0) is 14.7. The second-order valence-corrected chi connectivity index (χ2v) is 5.52. The van der Waals surface area contributed by atoms with Crippen LogP contribution in [0.2, 0.25) is 0 Å². The van der Waals surface area contributed by atoms with Crippen molar-refractivity contribution in [3.05, 3.63) is 27.8 Å². The molecule has 1 aromatic carbocycles. The predicted octanol–water partition coefficient (Wildman–Crippen LogP) is 3.15. The molecule has 106 valence electrons. The third-order valence-electron chi connectivity index (χ3n) is 4.36. The van der Waals surface area contributed by atoms with Crippen LogP contribution in [-0.2, 0) is 4.79 Å². The maximum atomic E-state index is 11.0. The summed E-state index contributed by atoms with van der Waals surface area (Å²) < 4.78 is 0. The van der Waals surface area contributed by atoms with Crippen molar-refractivity contribution < 1.29 is 4.79 Å². The Hall–Kier alpha value is -1.51. The van der Waals surface area contributed by atoms with E-state index in [1.807, 2.05) is 6.92 Å². The number of nitrogens with one attached hydrogen (secondary N) is 1. The number of nitrogens with two attached hydrogens (primary N) is 1. The van der Waals surface area contributed by atoms with Crippen molar-refractivity contribution in [1.82, 2.24) is 0 Å². The molecule has 1 unspecified atom stereocenters. The maximum Gasteiger partial charge on any atom is 0.220 e. The van der Waals surface area contributed by atoms with Crippen LogP contribution in [0, 0.1) is 40.5 Å². The van der Waals surface area contributed by atoms with Crippen LogP contribution in [0.15, 0.2) is 0 Å². The minimum absolute atomic E-state index is 0.0826. The molecule has 0 fully saturated rings. The number of carbonyl (C=O) groups excluding carboxylic acids is 1. The number of rotatable bonds is 5. The molecule has 0 aromatic heterocycles. The van der Waals surface area contributed by atoms with E-state index < -0.39 is 0 Å². The highest BCUT2D eigenvalue weighted by Gasteiger charge is 2.13. The van der Waals surface area contributed by atoms with Crippen LogP contribution in [-0.4, -0.2) is 12.5 Å². The number of primary amides is 1. The molecule has 0 heterocycles. The Kier molecular flexibility index (Phi) is 4.98. The Morgan fingerprint density at radius 3 is 1.84 bits per heavy atom. The number of benzene rings is 1. The van der Waals surface area contributed by atoms with Crippen molar-refractivity contribution in [2.24, 2.45) is 11.7 Å². The first kappa shape index (κ1) is 15.5. The second kappa shape index (κ2) is 6.09. The van der Waals surface area contributed by atoms with Gasteiger partial charge in [-0.15, -0.1) is 0 Å². The van der Waals surface area contributed by atoms with Gasteiger partial charge in [0.1, 0.15) is 0 Å². The largest absolute Gasteiger partial charge is 0.385 e. The average molecular weight is 262 g/mol. The summed E-state index contributed by atoms with van der Waals surface area (Å²) in [4.78, 5) is 11.0. The summed E-state index contributed by atoms with van der Waals surface area (Å²) in [6, 6.07) is 0. The standard InChI is InChI=1S/C16H26N2O/c1-9(16(17)19)7-8-18-15-13(5)11(3)10(2)12(4)14(15)6/h9,18H,7-8H2,1-6H3,(H2,17,19). The molecule has 0 aliphatic rings. The van der Waals surface area contributed by atoms with Gasteiger partial charge in [-0.2, -0.15) is 0 Å². The van der Waals surface area contributed by atoms with Gasteiger partial charge in [-0.1, -0.05) is 6.92 Å². The summed E-state index contributed by atoms with van der Waals surface area (Å²) in [6.07, 6.45) is 0.764. The maximum absolute atomic E-state index is 11.0. The highest BCUT2D eigenvalue weighted by molar-refractivity contribution is 5.76. The van der Waals surface area contributed by atoms with E-state index in [-0.39, 0.29) is 11.8 Å². The molecule has 0 spiro atoms. The van der Waals surface area contributed by atoms with E-state index >= 15 is 0 Å². The Labute approximate surface area is 116 Å². The molecule has 1 aromatic rings. The normalized spacial score (nSPS) is 12.3. The van der Waals surface area contributed by atoms with E-state index in [9.17, 15) is 4.79 Å². The molecule has 19 heavy (non-hydrogen) atoms. The van der Waals surface area contributed by atoms with Crippen molar-refractivity contribution in [3.8, 4) is 0 Å². The number of carbonyl (C=O) groups is 1. The van der Waals surface area contributed by atoms with Crippen molar-refractivity contribution in [1.29, 1.82) is 0 Å². The lowest BCUT2D eigenvalue weighted by Gasteiger charge is -2.20. The molecular formula is C16H26N2O. The lowest BCUT2D eigenvalue weighted by Crippen LogP contribution is -2.23. The van der Waals surface area contributed by atoms with Crippen LogP contribution >= 0.6 is 0 Å². The number of anilines is 1. The van der Waals surface area contributed by atoms with Crippen molar-refractivity contribution in [2.45, 2.75) is 48.0 Å². The fourth-order valence-electron chi connectivity index (χ4n) is 2.32. The quantitative estimate of drug-likeness (QED) is 0.856. The van der Waals surface area contributed by atoms with E-state index in [0.29, 0.717) is 0 Å². The van der Waals surface area contributed by atoms with Gasteiger partial charge in [0, 0.05) is 18.2 Å². The topological polar surface area (TPSA) is 55.1 Å². The van der Waals surface area contributed by atoms with Crippen LogP contribution < -0.4 is 11.1 Å². The van der Waals surface area contributed by atoms with Crippen molar-refractivity contribution in [3.63, 3.8) is 0 Å². The smallest absolute Gasteiger partial charge is 0.220 e. The molecular weight excluding hydrogens is 236 g/mol. The van der Waals surface area contributed by atoms with E-state index in [0.717, 1.165) is 13.0 Å². The lowest BCUT2D eigenvalue weighted by atomic mass is 9.93. The molecule has 1 rings (SSSR count). The molecule has 3 N–H and O–H groups in total. The van der Waals surface area contributed by atoms with Gasteiger partial charge in [0.15, 0.2) is 0 Å². The SMILES string of the molecule is Cc1c(C)c(C)c(NCCC(C)C(N)=O)c(C)c1C. The average Bonchev–Trinajstić information content (AvgIpc) is 2.37. The van der Waals surface area contributed by atoms with Gasteiger partial charge in [0.25, 0.3) is 0 Å². The number of hydrogen-bond donors (Lipinski definition) is 2. The molecule has 0 radical (unpaired) electrons. The Morgan fingerprint density at radius 1 is 1.00 bits per heavy atom. The first-order valence-electron chi connectivity index (χ1n) is 6.87. The van der Waals surface area contributed by atoms with Crippen LogP contribution in [0.3, 0.4) is 0 Å². The van der Waals surface area contributed by atoms with E-state index in [1.165, 1.54) is 33.5 Å². The van der Waals surface area contributed by atoms with Gasteiger partial charge in [0.05, 0.1) is 0 Å². The third kappa shape index (κ3) is 3.28. The monoisotopic (exact) mass is 262 g/mol. The molecule has 0 aliphatic carbocycles. The third-order valence-corrected chi connectivity index (χ3v) is 4.36. The highest BCUT2D eigenvalue weighted by atomic mass is 16.1. The van der Waals surface area contributed by atoms with Crippen LogP contribution in [0.5, 0.6) is 0 Å². The molecule has 0 saturated carbocycles. The van der Waals surface area contributed by atoms with E-state index in [2.05, 4.69) is 39.9 Å². The van der Waals surface area contributed by atoms with Gasteiger partial charge in [-0.3, -0.25) is 4.79 Å². The first-order valence-corrected chi connectivity index (χ1v) is 6.87. The first-order chi connectivity index (χ1) is 8.77. The predicted molar refractivity (Wildman–Crippen MR) is 81.6 cm³/mol. The molecule has 3 heteroatoms. The fraction of sp³-hybridized carbons (Fsp3) is 0.562. The lowest BCUT2D eigenvalue weighted by molar-refractivity contribution is -0.121. The molecule has 1 amide bonds. The van der Waals surface area contributed by atoms with Gasteiger partial charge >= 0.3 is 0 Å². The van der Waals surface area contributed by atoms with Gasteiger partial charge in [0.2, 0.25) is 5.91 Å². The summed E-state index contributed by atoms with van der Waals surface area (Å²) in [7, 11) is 0. The molecule has 0 saturated heterocycles. The van der Waals surface area contributed by atoms with Gasteiger partial charge in [-0.05, 0) is 68.9 Å². The zero-order valence-corrected chi connectivity index (χ0v) is 13.0. The molecule has 3 nitrogen and oxygen atoms in total. The number of hydrogen-bond acceptors (Lipinski definition) is 2. The minimum atomic E-state index is -0.230. The summed E-state index contributed by atoms with van der Waals surface area (Å²) in [5, 5.41) is 3.47. The van der Waals surface area contributed by atoms with Crippen LogP contribution in [0.1, 0.15) is 41.2 Å². The summed E-state index contributed by atoms with van der Waals surface area (Å²) in [6.45, 7) is 13.4.